The van der Waals surface area contributed by atoms with E-state index >= 15 is 0 Å². The summed E-state index contributed by atoms with van der Waals surface area (Å²) in [6.45, 7) is 0. The maximum atomic E-state index is 4.46. The first-order valence-corrected chi connectivity index (χ1v) is 8.78. The number of fused-ring (bicyclic) bond motifs is 1. The molecule has 5 nitrogen and oxygen atoms in total. The number of anilines is 3. The molecule has 0 bridgehead atoms. The van der Waals surface area contributed by atoms with Gasteiger partial charge in [-0.3, -0.25) is 0 Å². The molecule has 0 unspecified atom stereocenters. The maximum Gasteiger partial charge on any atom is 0.143 e. The van der Waals surface area contributed by atoms with Gasteiger partial charge in [-0.1, -0.05) is 30.3 Å². The van der Waals surface area contributed by atoms with Crippen molar-refractivity contribution in [2.45, 2.75) is 0 Å². The van der Waals surface area contributed by atoms with Crippen LogP contribution in [0.3, 0.4) is 0 Å². The molecule has 124 valence electrons. The highest BCUT2D eigenvalue weighted by Crippen LogP contribution is 2.37. The molecule has 4 aromatic rings. The second-order valence-electron chi connectivity index (χ2n) is 5.84. The van der Waals surface area contributed by atoms with Crippen LogP contribution < -0.4 is 10.2 Å². The van der Waals surface area contributed by atoms with Crippen LogP contribution in [0, 0.1) is 0 Å². The molecule has 0 atom stereocenters. The highest BCUT2D eigenvalue weighted by Gasteiger charge is 2.13. The third-order valence-electron chi connectivity index (χ3n) is 3.92. The van der Waals surface area contributed by atoms with Crippen molar-refractivity contribution in [3.8, 4) is 11.1 Å². The number of hydrogen-bond donors (Lipinski definition) is 1. The third-order valence-corrected chi connectivity index (χ3v) is 4.81. The number of thiophene rings is 1. The van der Waals surface area contributed by atoms with E-state index in [0.29, 0.717) is 0 Å². The van der Waals surface area contributed by atoms with Gasteiger partial charge in [-0.15, -0.1) is 11.3 Å². The van der Waals surface area contributed by atoms with Gasteiger partial charge in [0.2, 0.25) is 0 Å². The van der Waals surface area contributed by atoms with Crippen molar-refractivity contribution in [1.82, 2.24) is 15.0 Å². The molecule has 0 amide bonds. The second kappa shape index (κ2) is 6.49. The molecule has 4 rings (SSSR count). The Balaban J connectivity index is 1.76. The Morgan fingerprint density at radius 1 is 0.960 bits per heavy atom. The molecule has 0 aliphatic carbocycles. The summed E-state index contributed by atoms with van der Waals surface area (Å²) >= 11 is 1.63. The molecule has 0 aliphatic heterocycles. The Hall–Kier alpha value is -2.99. The standard InChI is InChI=1S/C19H17N5S/c1-24(2)16-9-8-14(10-20-16)23-18-17-15(13-6-4-3-5-7-13)11-25-19(17)22-12-21-18/h3-12H,1-2H3,(H,21,22,23). The Bertz CT molecular complexity index is 993. The first-order valence-electron chi connectivity index (χ1n) is 7.90. The topological polar surface area (TPSA) is 53.9 Å². The lowest BCUT2D eigenvalue weighted by Gasteiger charge is -2.12. The van der Waals surface area contributed by atoms with E-state index in [0.717, 1.165) is 38.7 Å². The minimum atomic E-state index is 0.796. The van der Waals surface area contributed by atoms with Gasteiger partial charge in [0.25, 0.3) is 0 Å². The predicted molar refractivity (Wildman–Crippen MR) is 105 cm³/mol. The van der Waals surface area contributed by atoms with Crippen molar-refractivity contribution >= 4 is 38.9 Å². The van der Waals surface area contributed by atoms with E-state index in [9.17, 15) is 0 Å². The quantitative estimate of drug-likeness (QED) is 0.586. The van der Waals surface area contributed by atoms with Crippen LogP contribution in [0.1, 0.15) is 0 Å². The van der Waals surface area contributed by atoms with Crippen LogP contribution in [-0.4, -0.2) is 29.0 Å². The highest BCUT2D eigenvalue weighted by atomic mass is 32.1. The molecular formula is C19H17N5S. The zero-order valence-corrected chi connectivity index (χ0v) is 14.8. The molecule has 0 saturated carbocycles. The lowest BCUT2D eigenvalue weighted by Crippen LogP contribution is -2.10. The second-order valence-corrected chi connectivity index (χ2v) is 6.70. The maximum absolute atomic E-state index is 4.46. The lowest BCUT2D eigenvalue weighted by atomic mass is 10.1. The molecule has 0 aliphatic rings. The number of pyridine rings is 1. The lowest BCUT2D eigenvalue weighted by molar-refractivity contribution is 1.07. The van der Waals surface area contributed by atoms with Gasteiger partial charge >= 0.3 is 0 Å². The molecule has 1 N–H and O–H groups in total. The van der Waals surface area contributed by atoms with E-state index in [1.165, 1.54) is 0 Å². The van der Waals surface area contributed by atoms with Crippen LogP contribution in [0.15, 0.2) is 60.4 Å². The van der Waals surface area contributed by atoms with Crippen molar-refractivity contribution in [2.75, 3.05) is 24.3 Å². The van der Waals surface area contributed by atoms with Crippen LogP contribution in [0.5, 0.6) is 0 Å². The van der Waals surface area contributed by atoms with Gasteiger partial charge in [-0.05, 0) is 17.7 Å². The summed E-state index contributed by atoms with van der Waals surface area (Å²) in [4.78, 5) is 16.3. The van der Waals surface area contributed by atoms with Crippen LogP contribution in [0.2, 0.25) is 0 Å². The molecule has 1 aromatic carbocycles. The fraction of sp³-hybridized carbons (Fsp3) is 0.105. The normalized spacial score (nSPS) is 10.8. The zero-order chi connectivity index (χ0) is 17.2. The summed E-state index contributed by atoms with van der Waals surface area (Å²) in [5.41, 5.74) is 3.20. The molecule has 0 spiro atoms. The van der Waals surface area contributed by atoms with E-state index in [1.54, 1.807) is 17.7 Å². The van der Waals surface area contributed by atoms with Crippen molar-refractivity contribution < 1.29 is 0 Å². The Labute approximate surface area is 150 Å². The fourth-order valence-electron chi connectivity index (χ4n) is 2.66. The molecule has 3 heterocycles. The third kappa shape index (κ3) is 3.04. The number of rotatable bonds is 4. The SMILES string of the molecule is CN(C)c1ccc(Nc2ncnc3scc(-c4ccccc4)c23)cn1. The molecule has 3 aromatic heterocycles. The van der Waals surface area contributed by atoms with E-state index in [-0.39, 0.29) is 0 Å². The zero-order valence-electron chi connectivity index (χ0n) is 14.0. The van der Waals surface area contributed by atoms with Crippen molar-refractivity contribution in [1.29, 1.82) is 0 Å². The Kier molecular flexibility index (Phi) is 4.03. The van der Waals surface area contributed by atoms with Gasteiger partial charge in [-0.2, -0.15) is 0 Å². The van der Waals surface area contributed by atoms with Crippen LogP contribution in [0.4, 0.5) is 17.3 Å². The van der Waals surface area contributed by atoms with Gasteiger partial charge in [0.1, 0.15) is 22.8 Å². The van der Waals surface area contributed by atoms with Gasteiger partial charge < -0.3 is 10.2 Å². The van der Waals surface area contributed by atoms with E-state index in [2.05, 4.69) is 37.8 Å². The number of aromatic nitrogens is 3. The predicted octanol–water partition coefficient (Wildman–Crippen LogP) is 4.56. The number of nitrogens with zero attached hydrogens (tertiary/aromatic N) is 4. The Morgan fingerprint density at radius 2 is 1.80 bits per heavy atom. The summed E-state index contributed by atoms with van der Waals surface area (Å²) in [6.07, 6.45) is 3.41. The van der Waals surface area contributed by atoms with E-state index in [1.807, 2.05) is 55.5 Å². The summed E-state index contributed by atoms with van der Waals surface area (Å²) in [7, 11) is 3.95. The van der Waals surface area contributed by atoms with Crippen molar-refractivity contribution in [2.24, 2.45) is 0 Å². The Morgan fingerprint density at radius 3 is 2.52 bits per heavy atom. The average Bonchev–Trinajstić information content (AvgIpc) is 3.08. The fourth-order valence-corrected chi connectivity index (χ4v) is 3.58. The van der Waals surface area contributed by atoms with Gasteiger partial charge in [-0.25, -0.2) is 15.0 Å². The number of hydrogen-bond acceptors (Lipinski definition) is 6. The first kappa shape index (κ1) is 15.5. The molecule has 0 radical (unpaired) electrons. The van der Waals surface area contributed by atoms with Crippen molar-refractivity contribution in [3.63, 3.8) is 0 Å². The summed E-state index contributed by atoms with van der Waals surface area (Å²) in [5, 5.41) is 6.55. The number of nitrogens with one attached hydrogen (secondary N) is 1. The molecule has 0 fully saturated rings. The molecule has 25 heavy (non-hydrogen) atoms. The van der Waals surface area contributed by atoms with Crippen LogP contribution >= 0.6 is 11.3 Å². The van der Waals surface area contributed by atoms with Crippen molar-refractivity contribution in [3.05, 3.63) is 60.4 Å². The molecule has 0 saturated heterocycles. The monoisotopic (exact) mass is 347 g/mol. The smallest absolute Gasteiger partial charge is 0.143 e. The first-order chi connectivity index (χ1) is 12.2. The number of benzene rings is 1. The largest absolute Gasteiger partial charge is 0.363 e. The van der Waals surface area contributed by atoms with Gasteiger partial charge in [0.15, 0.2) is 0 Å². The molecule has 6 heteroatoms. The molecular weight excluding hydrogens is 330 g/mol. The summed E-state index contributed by atoms with van der Waals surface area (Å²) in [6, 6.07) is 14.3. The minimum absolute atomic E-state index is 0.796. The van der Waals surface area contributed by atoms with Gasteiger partial charge in [0, 0.05) is 25.0 Å². The van der Waals surface area contributed by atoms with Gasteiger partial charge in [0.05, 0.1) is 17.3 Å². The average molecular weight is 347 g/mol. The van der Waals surface area contributed by atoms with E-state index in [4.69, 9.17) is 0 Å². The van der Waals surface area contributed by atoms with E-state index < -0.39 is 0 Å². The summed E-state index contributed by atoms with van der Waals surface area (Å²) in [5.74, 6) is 1.71. The summed E-state index contributed by atoms with van der Waals surface area (Å²) < 4.78 is 0. The minimum Gasteiger partial charge on any atom is -0.363 e. The highest BCUT2D eigenvalue weighted by molar-refractivity contribution is 7.17. The van der Waals surface area contributed by atoms with Crippen LogP contribution in [0.25, 0.3) is 21.3 Å². The van der Waals surface area contributed by atoms with Crippen LogP contribution in [-0.2, 0) is 0 Å².